The van der Waals surface area contributed by atoms with Crippen molar-refractivity contribution in [1.29, 1.82) is 0 Å². The Balaban J connectivity index is 1.54. The van der Waals surface area contributed by atoms with Crippen LogP contribution in [0.2, 0.25) is 0 Å². The first-order valence-corrected chi connectivity index (χ1v) is 12.1. The summed E-state index contributed by atoms with van der Waals surface area (Å²) in [5.74, 6) is -10.4. The van der Waals surface area contributed by atoms with Crippen LogP contribution in [-0.4, -0.2) is 34.1 Å². The normalized spacial score (nSPS) is 26.7. The lowest BCUT2D eigenvalue weighted by Crippen LogP contribution is -2.59. The molecule has 2 bridgehead atoms. The van der Waals surface area contributed by atoms with E-state index in [1.165, 1.54) is 0 Å². The molecule has 0 aromatic heterocycles. The van der Waals surface area contributed by atoms with Crippen molar-refractivity contribution in [2.75, 3.05) is 0 Å². The summed E-state index contributed by atoms with van der Waals surface area (Å²) in [7, 11) is 0. The van der Waals surface area contributed by atoms with E-state index in [0.29, 0.717) is 12.8 Å². The van der Waals surface area contributed by atoms with E-state index in [-0.39, 0.29) is 13.2 Å². The number of hydrogen-bond acceptors (Lipinski definition) is 6. The van der Waals surface area contributed by atoms with Crippen LogP contribution < -0.4 is 0 Å². The lowest BCUT2D eigenvalue weighted by molar-refractivity contribution is -0.194. The zero-order valence-electron chi connectivity index (χ0n) is 20.3. The smallest absolute Gasteiger partial charge is 0.310 e. The molecule has 36 heavy (non-hydrogen) atoms. The van der Waals surface area contributed by atoms with Crippen molar-refractivity contribution in [3.05, 3.63) is 70.8 Å². The summed E-state index contributed by atoms with van der Waals surface area (Å²) in [5.41, 5.74) is 3.58. The summed E-state index contributed by atoms with van der Waals surface area (Å²) in [5, 5.41) is 20.1. The fraction of sp³-hybridized carbons (Fsp3) is 0.429. The third-order valence-corrected chi connectivity index (χ3v) is 7.57. The fourth-order valence-corrected chi connectivity index (χ4v) is 5.80. The predicted molar refractivity (Wildman–Crippen MR) is 127 cm³/mol. The molecule has 0 spiro atoms. The lowest BCUT2D eigenvalue weighted by atomic mass is 9.50. The zero-order chi connectivity index (χ0) is 26.0. The van der Waals surface area contributed by atoms with Gasteiger partial charge >= 0.3 is 23.9 Å². The molecular weight excluding hydrogens is 464 g/mol. The number of carboxylic acids is 2. The molecule has 0 saturated heterocycles. The van der Waals surface area contributed by atoms with Crippen molar-refractivity contribution in [1.82, 2.24) is 0 Å². The highest BCUT2D eigenvalue weighted by Crippen LogP contribution is 2.56. The van der Waals surface area contributed by atoms with Gasteiger partial charge in [0.25, 0.3) is 0 Å². The first-order valence-electron chi connectivity index (χ1n) is 12.1. The van der Waals surface area contributed by atoms with Crippen molar-refractivity contribution in [3.8, 4) is 0 Å². The minimum Gasteiger partial charge on any atom is -0.481 e. The second kappa shape index (κ2) is 10.5. The molecule has 0 aliphatic heterocycles. The minimum absolute atomic E-state index is 0.0426. The van der Waals surface area contributed by atoms with Gasteiger partial charge in [-0.15, -0.1) is 0 Å². The standard InChI is InChI=1S/C28H30O8/c1-15-3-7-17(8-4-15)13-35-27(33)23-19-11-12-20(21(23)25(29)30)24(22(19)26(31)32)28(34)36-14-18-9-5-16(2)6-10-18/h3-10,19-24H,11-14H2,1-2H3,(H,29,30)(H,31,32). The molecule has 6 unspecified atom stereocenters. The molecule has 0 heterocycles. The summed E-state index contributed by atoms with van der Waals surface area (Å²) >= 11 is 0. The van der Waals surface area contributed by atoms with Gasteiger partial charge in [0.15, 0.2) is 0 Å². The molecule has 3 aliphatic rings. The largest absolute Gasteiger partial charge is 0.481 e. The van der Waals surface area contributed by atoms with Crippen LogP contribution in [-0.2, 0) is 41.9 Å². The Morgan fingerprint density at radius 1 is 0.639 bits per heavy atom. The van der Waals surface area contributed by atoms with Crippen LogP contribution in [0.3, 0.4) is 0 Å². The van der Waals surface area contributed by atoms with Crippen LogP contribution in [0, 0.1) is 49.4 Å². The Labute approximate surface area is 209 Å². The second-order valence-electron chi connectivity index (χ2n) is 9.87. The van der Waals surface area contributed by atoms with Crippen LogP contribution in [0.25, 0.3) is 0 Å². The van der Waals surface area contributed by atoms with Crippen LogP contribution in [0.15, 0.2) is 48.5 Å². The van der Waals surface area contributed by atoms with Gasteiger partial charge in [0, 0.05) is 0 Å². The van der Waals surface area contributed by atoms with Crippen molar-refractivity contribution in [2.45, 2.75) is 39.9 Å². The number of rotatable bonds is 8. The molecule has 2 aromatic carbocycles. The molecule has 3 fully saturated rings. The Hall–Kier alpha value is -3.68. The first-order chi connectivity index (χ1) is 17.2. The van der Waals surface area contributed by atoms with Gasteiger partial charge in [0.1, 0.15) is 13.2 Å². The number of benzene rings is 2. The van der Waals surface area contributed by atoms with E-state index in [2.05, 4.69) is 0 Å². The van der Waals surface area contributed by atoms with Crippen LogP contribution >= 0.6 is 0 Å². The summed E-state index contributed by atoms with van der Waals surface area (Å²) in [4.78, 5) is 50.9. The van der Waals surface area contributed by atoms with Crippen molar-refractivity contribution < 1.29 is 38.9 Å². The monoisotopic (exact) mass is 494 g/mol. The first kappa shape index (κ1) is 25.4. The molecule has 6 atom stereocenters. The number of hydrogen-bond donors (Lipinski definition) is 2. The highest BCUT2D eigenvalue weighted by atomic mass is 16.5. The van der Waals surface area contributed by atoms with Gasteiger partial charge < -0.3 is 19.7 Å². The van der Waals surface area contributed by atoms with Crippen molar-refractivity contribution >= 4 is 23.9 Å². The van der Waals surface area contributed by atoms with E-state index >= 15 is 0 Å². The maximum atomic E-state index is 13.1. The average Bonchev–Trinajstić information content (AvgIpc) is 2.86. The maximum absolute atomic E-state index is 13.1. The molecule has 2 N–H and O–H groups in total. The molecule has 0 radical (unpaired) electrons. The SMILES string of the molecule is Cc1ccc(COC(=O)C2C3CCC(C2C(=O)O)C(C(=O)OCc2ccc(C)cc2)C3C(=O)O)cc1. The average molecular weight is 495 g/mol. The number of ether oxygens (including phenoxy) is 2. The van der Waals surface area contributed by atoms with E-state index in [1.54, 1.807) is 0 Å². The number of esters is 2. The Morgan fingerprint density at radius 2 is 0.972 bits per heavy atom. The summed E-state index contributed by atoms with van der Waals surface area (Å²) in [6, 6.07) is 14.7. The summed E-state index contributed by atoms with van der Waals surface area (Å²) < 4.78 is 10.9. The van der Waals surface area contributed by atoms with E-state index < -0.39 is 59.4 Å². The van der Waals surface area contributed by atoms with Gasteiger partial charge in [-0.25, -0.2) is 0 Å². The number of aliphatic carboxylic acids is 2. The van der Waals surface area contributed by atoms with E-state index in [9.17, 15) is 29.4 Å². The minimum atomic E-state index is -1.23. The number of carbonyl (C=O) groups excluding carboxylic acids is 2. The third kappa shape index (κ3) is 5.12. The molecule has 2 aromatic rings. The van der Waals surface area contributed by atoms with Crippen molar-refractivity contribution in [2.24, 2.45) is 35.5 Å². The van der Waals surface area contributed by atoms with E-state index in [0.717, 1.165) is 22.3 Å². The Bertz CT molecular complexity index is 1050. The van der Waals surface area contributed by atoms with Gasteiger partial charge in [-0.05, 0) is 49.7 Å². The maximum Gasteiger partial charge on any atom is 0.310 e. The van der Waals surface area contributed by atoms with E-state index in [1.807, 2.05) is 62.4 Å². The van der Waals surface area contributed by atoms with Crippen LogP contribution in [0.4, 0.5) is 0 Å². The topological polar surface area (TPSA) is 127 Å². The number of fused-ring (bicyclic) bond motifs is 3. The van der Waals surface area contributed by atoms with Gasteiger partial charge in [-0.3, -0.25) is 19.2 Å². The number of aryl methyl sites for hydroxylation is 2. The summed E-state index contributed by atoms with van der Waals surface area (Å²) in [6.45, 7) is 3.78. The molecule has 3 saturated carbocycles. The third-order valence-electron chi connectivity index (χ3n) is 7.57. The predicted octanol–water partition coefficient (Wildman–Crippen LogP) is 3.76. The molecule has 190 valence electrons. The second-order valence-corrected chi connectivity index (χ2v) is 9.87. The Kier molecular flexibility index (Phi) is 7.43. The van der Waals surface area contributed by atoms with Crippen LogP contribution in [0.1, 0.15) is 35.1 Å². The van der Waals surface area contributed by atoms with Gasteiger partial charge in [0.2, 0.25) is 0 Å². The zero-order valence-corrected chi connectivity index (χ0v) is 20.3. The highest BCUT2D eigenvalue weighted by molar-refractivity contribution is 5.88. The fourth-order valence-electron chi connectivity index (χ4n) is 5.80. The lowest BCUT2D eigenvalue weighted by Gasteiger charge is -2.51. The van der Waals surface area contributed by atoms with Gasteiger partial charge in [-0.2, -0.15) is 0 Å². The molecule has 8 heteroatoms. The van der Waals surface area contributed by atoms with Crippen molar-refractivity contribution in [3.63, 3.8) is 0 Å². The molecule has 3 aliphatic carbocycles. The highest BCUT2D eigenvalue weighted by Gasteiger charge is 2.63. The van der Waals surface area contributed by atoms with E-state index in [4.69, 9.17) is 9.47 Å². The number of carbonyl (C=O) groups is 4. The molecule has 0 amide bonds. The number of carboxylic acid groups (broad SMARTS) is 2. The molecule has 5 rings (SSSR count). The summed E-state index contributed by atoms with van der Waals surface area (Å²) in [6.07, 6.45) is 0.662. The van der Waals surface area contributed by atoms with Gasteiger partial charge in [0.05, 0.1) is 23.7 Å². The molecule has 8 nitrogen and oxygen atoms in total. The molecular formula is C28H30O8. The van der Waals surface area contributed by atoms with Gasteiger partial charge in [-0.1, -0.05) is 59.7 Å². The Morgan fingerprint density at radius 3 is 1.28 bits per heavy atom. The quantitative estimate of drug-likeness (QED) is 0.531. The van der Waals surface area contributed by atoms with Crippen LogP contribution in [0.5, 0.6) is 0 Å².